The molecule has 0 N–H and O–H groups in total. The van der Waals surface area contributed by atoms with E-state index < -0.39 is 0 Å². The molecule has 0 aliphatic rings. The summed E-state index contributed by atoms with van der Waals surface area (Å²) in [5, 5.41) is 0. The zero-order chi connectivity index (χ0) is 13.1. The van der Waals surface area contributed by atoms with Gasteiger partial charge in [-0.25, -0.2) is 0 Å². The second-order valence-corrected chi connectivity index (χ2v) is 6.36. The number of Topliss-reactive ketones (excluding diaryl/α,β-unsaturated/α-hetero) is 1. The van der Waals surface area contributed by atoms with Gasteiger partial charge in [0.05, 0.1) is 9.21 Å². The van der Waals surface area contributed by atoms with Crippen molar-refractivity contribution in [3.63, 3.8) is 0 Å². The maximum atomic E-state index is 11.8. The van der Waals surface area contributed by atoms with E-state index in [0.717, 1.165) is 10.0 Å². The fourth-order valence-corrected chi connectivity index (χ4v) is 2.90. The van der Waals surface area contributed by atoms with Crippen molar-refractivity contribution in [3.8, 4) is 5.75 Å². The Morgan fingerprint density at radius 1 is 1.39 bits per heavy atom. The molecule has 0 unspecified atom stereocenters. The van der Waals surface area contributed by atoms with Gasteiger partial charge < -0.3 is 4.74 Å². The topological polar surface area (TPSA) is 26.3 Å². The van der Waals surface area contributed by atoms with E-state index in [1.54, 1.807) is 12.1 Å². The number of hydrogen-bond acceptors (Lipinski definition) is 3. The van der Waals surface area contributed by atoms with Crippen molar-refractivity contribution in [2.75, 3.05) is 6.61 Å². The lowest BCUT2D eigenvalue weighted by Crippen LogP contribution is -2.10. The summed E-state index contributed by atoms with van der Waals surface area (Å²) in [7, 11) is 0. The minimum Gasteiger partial charge on any atom is -0.485 e. The Morgan fingerprint density at radius 2 is 2.17 bits per heavy atom. The molecule has 2 nitrogen and oxygen atoms in total. The average Bonchev–Trinajstić information content (AvgIpc) is 2.74. The molecule has 0 aliphatic heterocycles. The number of ketones is 1. The van der Waals surface area contributed by atoms with E-state index in [1.165, 1.54) is 11.3 Å². The number of carbonyl (C=O) groups is 1. The van der Waals surface area contributed by atoms with Crippen LogP contribution in [0.2, 0.25) is 4.34 Å². The molecule has 94 valence electrons. The van der Waals surface area contributed by atoms with E-state index in [-0.39, 0.29) is 12.4 Å². The minimum absolute atomic E-state index is 0.0271. The molecule has 1 aromatic carbocycles. The molecular formula is C13H10BrClO2S. The highest BCUT2D eigenvalue weighted by molar-refractivity contribution is 9.10. The van der Waals surface area contributed by atoms with Crippen molar-refractivity contribution in [2.24, 2.45) is 0 Å². The molecule has 0 spiro atoms. The Morgan fingerprint density at radius 3 is 2.78 bits per heavy atom. The zero-order valence-corrected chi connectivity index (χ0v) is 12.7. The highest BCUT2D eigenvalue weighted by Crippen LogP contribution is 2.24. The first-order chi connectivity index (χ1) is 8.56. The molecule has 0 saturated carbocycles. The molecule has 0 amide bonds. The summed E-state index contributed by atoms with van der Waals surface area (Å²) in [6.07, 6.45) is 0. The second kappa shape index (κ2) is 5.87. The van der Waals surface area contributed by atoms with Gasteiger partial charge in [0.1, 0.15) is 5.75 Å². The Balaban J connectivity index is 2.01. The lowest BCUT2D eigenvalue weighted by molar-refractivity contribution is 0.0925. The molecule has 1 heterocycles. The number of benzene rings is 1. The lowest BCUT2D eigenvalue weighted by atomic mass is 10.2. The SMILES string of the molecule is Cc1cc(Br)ccc1OCC(=O)c1ccc(Cl)s1. The summed E-state index contributed by atoms with van der Waals surface area (Å²) >= 11 is 10.4. The van der Waals surface area contributed by atoms with Crippen LogP contribution in [0.1, 0.15) is 15.2 Å². The van der Waals surface area contributed by atoms with Crippen LogP contribution in [0.3, 0.4) is 0 Å². The van der Waals surface area contributed by atoms with E-state index >= 15 is 0 Å². The van der Waals surface area contributed by atoms with Gasteiger partial charge in [-0.05, 0) is 42.8 Å². The quantitative estimate of drug-likeness (QED) is 0.749. The fraction of sp³-hybridized carbons (Fsp3) is 0.154. The first-order valence-electron chi connectivity index (χ1n) is 5.24. The fourth-order valence-electron chi connectivity index (χ4n) is 1.45. The molecule has 0 bridgehead atoms. The van der Waals surface area contributed by atoms with Gasteiger partial charge in [0.2, 0.25) is 5.78 Å². The van der Waals surface area contributed by atoms with E-state index in [0.29, 0.717) is 15.0 Å². The Bertz CT molecular complexity index is 580. The molecule has 18 heavy (non-hydrogen) atoms. The molecule has 0 radical (unpaired) electrons. The third-order valence-electron chi connectivity index (χ3n) is 2.34. The number of ether oxygens (including phenoxy) is 1. The van der Waals surface area contributed by atoms with Crippen LogP contribution in [0.15, 0.2) is 34.8 Å². The summed E-state index contributed by atoms with van der Waals surface area (Å²) in [6, 6.07) is 9.10. The monoisotopic (exact) mass is 344 g/mol. The third kappa shape index (κ3) is 3.34. The van der Waals surface area contributed by atoms with E-state index in [1.807, 2.05) is 25.1 Å². The molecule has 0 aliphatic carbocycles. The van der Waals surface area contributed by atoms with E-state index in [2.05, 4.69) is 15.9 Å². The summed E-state index contributed by atoms with van der Waals surface area (Å²) < 4.78 is 7.11. The van der Waals surface area contributed by atoms with Crippen LogP contribution >= 0.6 is 38.9 Å². The van der Waals surface area contributed by atoms with Gasteiger partial charge in [0.25, 0.3) is 0 Å². The van der Waals surface area contributed by atoms with Crippen molar-refractivity contribution in [3.05, 3.63) is 49.6 Å². The predicted octanol–water partition coefficient (Wildman–Crippen LogP) is 4.73. The van der Waals surface area contributed by atoms with E-state index in [9.17, 15) is 4.79 Å². The minimum atomic E-state index is -0.0609. The molecule has 5 heteroatoms. The van der Waals surface area contributed by atoms with Crippen molar-refractivity contribution < 1.29 is 9.53 Å². The first kappa shape index (κ1) is 13.6. The van der Waals surface area contributed by atoms with Gasteiger partial charge in [0.15, 0.2) is 6.61 Å². The van der Waals surface area contributed by atoms with Crippen molar-refractivity contribution in [1.29, 1.82) is 0 Å². The van der Waals surface area contributed by atoms with Crippen LogP contribution < -0.4 is 4.74 Å². The summed E-state index contributed by atoms with van der Waals surface area (Å²) in [6.45, 7) is 1.96. The summed E-state index contributed by atoms with van der Waals surface area (Å²) in [4.78, 5) is 12.4. The highest BCUT2D eigenvalue weighted by Gasteiger charge is 2.10. The van der Waals surface area contributed by atoms with Crippen LogP contribution in [0.4, 0.5) is 0 Å². The van der Waals surface area contributed by atoms with Gasteiger partial charge in [-0.2, -0.15) is 0 Å². The standard InChI is InChI=1S/C13H10BrClO2S/c1-8-6-9(14)2-3-11(8)17-7-10(16)12-4-5-13(15)18-12/h2-6H,7H2,1H3. The number of rotatable bonds is 4. The predicted molar refractivity (Wildman–Crippen MR) is 78.0 cm³/mol. The van der Waals surface area contributed by atoms with Gasteiger partial charge in [-0.3, -0.25) is 4.79 Å². The Hall–Kier alpha value is -0.840. The second-order valence-electron chi connectivity index (χ2n) is 3.73. The average molecular weight is 346 g/mol. The molecule has 1 aromatic heterocycles. The first-order valence-corrected chi connectivity index (χ1v) is 7.22. The van der Waals surface area contributed by atoms with Gasteiger partial charge in [0, 0.05) is 4.47 Å². The number of carbonyl (C=O) groups excluding carboxylic acids is 1. The molecular weight excluding hydrogens is 336 g/mol. The van der Waals surface area contributed by atoms with Crippen molar-refractivity contribution >= 4 is 44.7 Å². The van der Waals surface area contributed by atoms with Gasteiger partial charge >= 0.3 is 0 Å². The van der Waals surface area contributed by atoms with Crippen LogP contribution in [0, 0.1) is 6.92 Å². The normalized spacial score (nSPS) is 10.4. The maximum absolute atomic E-state index is 11.8. The number of halogens is 2. The molecule has 0 saturated heterocycles. The highest BCUT2D eigenvalue weighted by atomic mass is 79.9. The maximum Gasteiger partial charge on any atom is 0.210 e. The molecule has 2 rings (SSSR count). The van der Waals surface area contributed by atoms with Crippen LogP contribution in [-0.4, -0.2) is 12.4 Å². The third-order valence-corrected chi connectivity index (χ3v) is 4.11. The molecule has 0 atom stereocenters. The van der Waals surface area contributed by atoms with Crippen LogP contribution in [-0.2, 0) is 0 Å². The smallest absolute Gasteiger partial charge is 0.210 e. The molecule has 2 aromatic rings. The zero-order valence-electron chi connectivity index (χ0n) is 9.57. The van der Waals surface area contributed by atoms with E-state index in [4.69, 9.17) is 16.3 Å². The van der Waals surface area contributed by atoms with Crippen molar-refractivity contribution in [2.45, 2.75) is 6.92 Å². The lowest BCUT2D eigenvalue weighted by Gasteiger charge is -2.08. The summed E-state index contributed by atoms with van der Waals surface area (Å²) in [5.41, 5.74) is 0.987. The largest absolute Gasteiger partial charge is 0.485 e. The number of thiophene rings is 1. The van der Waals surface area contributed by atoms with Crippen molar-refractivity contribution in [1.82, 2.24) is 0 Å². The Kier molecular flexibility index (Phi) is 4.43. The Labute approximate surface area is 123 Å². The molecule has 0 fully saturated rings. The number of hydrogen-bond donors (Lipinski definition) is 0. The number of aryl methyl sites for hydroxylation is 1. The van der Waals surface area contributed by atoms with Crippen LogP contribution in [0.25, 0.3) is 0 Å². The van der Waals surface area contributed by atoms with Gasteiger partial charge in [-0.1, -0.05) is 27.5 Å². The van der Waals surface area contributed by atoms with Crippen LogP contribution in [0.5, 0.6) is 5.75 Å². The summed E-state index contributed by atoms with van der Waals surface area (Å²) in [5.74, 6) is 0.656. The van der Waals surface area contributed by atoms with Gasteiger partial charge in [-0.15, -0.1) is 11.3 Å².